The molecule has 1 saturated heterocycles. The zero-order valence-electron chi connectivity index (χ0n) is 16.9. The quantitative estimate of drug-likeness (QED) is 0.225. The van der Waals surface area contributed by atoms with Crippen molar-refractivity contribution in [2.45, 2.75) is 32.8 Å². The summed E-state index contributed by atoms with van der Waals surface area (Å²) in [5.74, 6) is 0.748. The van der Waals surface area contributed by atoms with Crippen LogP contribution in [-0.2, 0) is 4.74 Å². The van der Waals surface area contributed by atoms with E-state index in [1.807, 2.05) is 20.8 Å². The van der Waals surface area contributed by atoms with Gasteiger partial charge in [0.1, 0.15) is 5.60 Å². The van der Waals surface area contributed by atoms with E-state index in [9.17, 15) is 4.79 Å². The molecule has 0 radical (unpaired) electrons. The number of halogens is 1. The van der Waals surface area contributed by atoms with Gasteiger partial charge in [-0.1, -0.05) is 0 Å². The first-order valence-corrected chi connectivity index (χ1v) is 9.12. The maximum atomic E-state index is 11.6. The predicted molar refractivity (Wildman–Crippen MR) is 118 cm³/mol. The molecule has 1 aliphatic rings. The van der Waals surface area contributed by atoms with E-state index in [0.717, 1.165) is 38.7 Å². The van der Waals surface area contributed by atoms with Gasteiger partial charge in [-0.3, -0.25) is 4.99 Å². The molecule has 8 nitrogen and oxygen atoms in total. The summed E-state index contributed by atoms with van der Waals surface area (Å²) in [5, 5.41) is 9.22. The van der Waals surface area contributed by atoms with Gasteiger partial charge in [0.2, 0.25) is 0 Å². The van der Waals surface area contributed by atoms with Crippen molar-refractivity contribution in [3.05, 3.63) is 0 Å². The van der Waals surface area contributed by atoms with E-state index in [0.29, 0.717) is 13.1 Å². The van der Waals surface area contributed by atoms with Crippen LogP contribution in [0.25, 0.3) is 0 Å². The summed E-state index contributed by atoms with van der Waals surface area (Å²) in [4.78, 5) is 20.6. The van der Waals surface area contributed by atoms with Gasteiger partial charge in [-0.2, -0.15) is 0 Å². The monoisotopic (exact) mass is 484 g/mol. The number of alkyl carbamates (subject to hydrolysis) is 1. The zero-order valence-corrected chi connectivity index (χ0v) is 19.3. The van der Waals surface area contributed by atoms with Gasteiger partial charge < -0.3 is 30.5 Å². The number of nitrogens with one attached hydrogen (secondary N) is 3. The van der Waals surface area contributed by atoms with Gasteiger partial charge in [-0.05, 0) is 47.3 Å². The van der Waals surface area contributed by atoms with Crippen LogP contribution in [0.5, 0.6) is 0 Å². The smallest absolute Gasteiger partial charge is 0.407 e. The van der Waals surface area contributed by atoms with E-state index in [1.54, 1.807) is 7.05 Å². The Morgan fingerprint density at radius 3 is 2.35 bits per heavy atom. The second-order valence-electron chi connectivity index (χ2n) is 7.35. The van der Waals surface area contributed by atoms with Crippen LogP contribution in [0.2, 0.25) is 0 Å². The number of nitrogens with zero attached hydrogens (tertiary/aromatic N) is 3. The van der Waals surface area contributed by atoms with E-state index in [2.05, 4.69) is 37.8 Å². The number of rotatable bonds is 6. The van der Waals surface area contributed by atoms with Crippen LogP contribution < -0.4 is 16.0 Å². The second-order valence-corrected chi connectivity index (χ2v) is 7.35. The van der Waals surface area contributed by atoms with Gasteiger partial charge in [0.15, 0.2) is 5.96 Å². The molecule has 1 fully saturated rings. The fourth-order valence-corrected chi connectivity index (χ4v) is 2.54. The first-order valence-electron chi connectivity index (χ1n) is 9.12. The van der Waals surface area contributed by atoms with Gasteiger partial charge in [0.25, 0.3) is 0 Å². The Kier molecular flexibility index (Phi) is 13.0. The highest BCUT2D eigenvalue weighted by Gasteiger charge is 2.15. The molecule has 26 heavy (non-hydrogen) atoms. The average molecular weight is 484 g/mol. The third-order valence-corrected chi connectivity index (χ3v) is 3.84. The first-order chi connectivity index (χ1) is 11.8. The number of likely N-dealkylation sites (N-methyl/N-ethyl adjacent to an activating group) is 1. The summed E-state index contributed by atoms with van der Waals surface area (Å²) in [5.41, 5.74) is -0.475. The lowest BCUT2D eigenvalue weighted by atomic mass is 10.2. The molecule has 9 heteroatoms. The topological polar surface area (TPSA) is 81.2 Å². The number of carbonyl (C=O) groups is 1. The summed E-state index contributed by atoms with van der Waals surface area (Å²) in [6.07, 6.45) is 0.822. The molecule has 0 unspecified atom stereocenters. The fourth-order valence-electron chi connectivity index (χ4n) is 2.54. The van der Waals surface area contributed by atoms with Gasteiger partial charge in [-0.25, -0.2) is 4.79 Å². The summed E-state index contributed by atoms with van der Waals surface area (Å²) in [6, 6.07) is 0. The summed E-state index contributed by atoms with van der Waals surface area (Å²) >= 11 is 0. The molecule has 1 amide bonds. The highest BCUT2D eigenvalue weighted by molar-refractivity contribution is 14.0. The summed E-state index contributed by atoms with van der Waals surface area (Å²) < 4.78 is 5.19. The van der Waals surface area contributed by atoms with Crippen molar-refractivity contribution in [2.24, 2.45) is 4.99 Å². The van der Waals surface area contributed by atoms with E-state index in [4.69, 9.17) is 4.74 Å². The van der Waals surface area contributed by atoms with Crippen LogP contribution >= 0.6 is 24.0 Å². The minimum atomic E-state index is -0.475. The lowest BCUT2D eigenvalue weighted by molar-refractivity contribution is 0.0529. The van der Waals surface area contributed by atoms with E-state index in [1.165, 1.54) is 13.0 Å². The molecule has 0 aromatic carbocycles. The van der Waals surface area contributed by atoms with Gasteiger partial charge in [-0.15, -0.1) is 24.0 Å². The largest absolute Gasteiger partial charge is 0.444 e. The molecule has 0 spiro atoms. The van der Waals surface area contributed by atoms with Crippen molar-refractivity contribution in [3.63, 3.8) is 0 Å². The molecule has 1 rings (SSSR count). The summed E-state index contributed by atoms with van der Waals surface area (Å²) in [6.45, 7) is 13.0. The van der Waals surface area contributed by atoms with Crippen molar-refractivity contribution in [3.8, 4) is 0 Å². The van der Waals surface area contributed by atoms with Gasteiger partial charge >= 0.3 is 6.09 Å². The maximum absolute atomic E-state index is 11.6. The van der Waals surface area contributed by atoms with Crippen LogP contribution in [0, 0.1) is 0 Å². The Morgan fingerprint density at radius 2 is 1.69 bits per heavy atom. The fraction of sp³-hybridized carbons (Fsp3) is 0.882. The van der Waals surface area contributed by atoms with E-state index < -0.39 is 11.7 Å². The Hall–Kier alpha value is -0.810. The number of ether oxygens (including phenoxy) is 1. The van der Waals surface area contributed by atoms with Crippen LogP contribution in [0.3, 0.4) is 0 Å². The average Bonchev–Trinajstić information content (AvgIpc) is 2.72. The Balaban J connectivity index is 0.00000625. The molecule has 1 aliphatic heterocycles. The van der Waals surface area contributed by atoms with Crippen LogP contribution in [-0.4, -0.2) is 93.9 Å². The number of carbonyl (C=O) groups excluding carboxylic acids is 1. The molecule has 0 saturated carbocycles. The Morgan fingerprint density at radius 1 is 1.04 bits per heavy atom. The predicted octanol–water partition coefficient (Wildman–Crippen LogP) is 0.932. The number of hydrogen-bond donors (Lipinski definition) is 3. The standard InChI is InChI=1S/C17H36N6O2.HI/c1-17(2,3)25-16(24)21-8-7-19-15(18-4)20-9-12-23-11-6-10-22(5)13-14-23;/h6-14H2,1-5H3,(H,21,24)(H2,18,19,20);1H. The Bertz CT molecular complexity index is 428. The highest BCUT2D eigenvalue weighted by Crippen LogP contribution is 2.06. The minimum absolute atomic E-state index is 0. The van der Waals surface area contributed by atoms with E-state index in [-0.39, 0.29) is 24.0 Å². The molecule has 154 valence electrons. The Labute approximate surface area is 175 Å². The van der Waals surface area contributed by atoms with Crippen molar-refractivity contribution < 1.29 is 9.53 Å². The van der Waals surface area contributed by atoms with Crippen molar-refractivity contribution in [1.29, 1.82) is 0 Å². The van der Waals surface area contributed by atoms with E-state index >= 15 is 0 Å². The second kappa shape index (κ2) is 13.4. The van der Waals surface area contributed by atoms with Crippen molar-refractivity contribution >= 4 is 36.0 Å². The molecular formula is C17H37IN6O2. The normalized spacial score (nSPS) is 17.0. The van der Waals surface area contributed by atoms with Crippen molar-refractivity contribution in [2.75, 3.05) is 66.5 Å². The number of amides is 1. The van der Waals surface area contributed by atoms with Crippen molar-refractivity contribution in [1.82, 2.24) is 25.8 Å². The highest BCUT2D eigenvalue weighted by atomic mass is 127. The lowest BCUT2D eigenvalue weighted by Crippen LogP contribution is -2.44. The molecule has 3 N–H and O–H groups in total. The number of hydrogen-bond acceptors (Lipinski definition) is 5. The van der Waals surface area contributed by atoms with Gasteiger partial charge in [0.05, 0.1) is 0 Å². The molecule has 0 aliphatic carbocycles. The summed E-state index contributed by atoms with van der Waals surface area (Å²) in [7, 11) is 3.93. The molecular weight excluding hydrogens is 447 g/mol. The molecule has 0 aromatic rings. The molecule has 0 aromatic heterocycles. The number of guanidine groups is 1. The number of aliphatic imine (C=N–C) groups is 1. The maximum Gasteiger partial charge on any atom is 0.407 e. The van der Waals surface area contributed by atoms with Crippen LogP contribution in [0.4, 0.5) is 4.79 Å². The van der Waals surface area contributed by atoms with Gasteiger partial charge in [0, 0.05) is 46.3 Å². The van der Waals surface area contributed by atoms with Crippen LogP contribution in [0.1, 0.15) is 27.2 Å². The SMILES string of the molecule is CN=C(NCCNC(=O)OC(C)(C)C)NCCN1CCCN(C)CC1.I. The van der Waals surface area contributed by atoms with Crippen LogP contribution in [0.15, 0.2) is 4.99 Å². The molecule has 0 bridgehead atoms. The third-order valence-electron chi connectivity index (χ3n) is 3.84. The first kappa shape index (κ1) is 25.2. The third kappa shape index (κ3) is 12.5. The zero-order chi connectivity index (χ0) is 18.7. The lowest BCUT2D eigenvalue weighted by Gasteiger charge is -2.21. The minimum Gasteiger partial charge on any atom is -0.444 e. The molecule has 1 heterocycles. The molecule has 0 atom stereocenters.